The first-order valence-electron chi connectivity index (χ1n) is 11.5. The van der Waals surface area contributed by atoms with Crippen LogP contribution < -0.4 is 4.90 Å². The van der Waals surface area contributed by atoms with E-state index in [9.17, 15) is 0 Å². The Morgan fingerprint density at radius 1 is 1.14 bits per heavy atom. The van der Waals surface area contributed by atoms with Crippen molar-refractivity contribution in [2.45, 2.75) is 25.7 Å². The quantitative estimate of drug-likeness (QED) is 0.160. The van der Waals surface area contributed by atoms with Gasteiger partial charge in [0, 0.05) is 52.9 Å². The summed E-state index contributed by atoms with van der Waals surface area (Å²) in [4.78, 5) is 6.42. The normalized spacial score (nSPS) is 19.4. The molecular formula is C29H28ClN4Ta-. The molecule has 6 heteroatoms. The van der Waals surface area contributed by atoms with Crippen molar-refractivity contribution in [3.8, 4) is 5.69 Å². The van der Waals surface area contributed by atoms with Gasteiger partial charge in [-0.15, -0.1) is 0 Å². The number of hydrogen-bond acceptors (Lipinski definition) is 3. The Morgan fingerprint density at radius 3 is 2.57 bits per heavy atom. The van der Waals surface area contributed by atoms with E-state index in [0.29, 0.717) is 11.1 Å². The Labute approximate surface area is 227 Å². The van der Waals surface area contributed by atoms with Crippen molar-refractivity contribution in [3.63, 3.8) is 0 Å². The van der Waals surface area contributed by atoms with Crippen LogP contribution in [0.3, 0.4) is 0 Å². The standard InChI is InChI=1S/C29H28ClN4.Ta/c1-5-20-17-24(12-11-21(20)14-16-33(4)23-9-7-6-8-10-23)34-27-25(13-15-31-28(27)30)26(32-34)22-18-29(2,3)19-22;/h5-17,22H,1-2,18-19H2,3-4H3;/q-1;/b16-14-;. The smallest absolute Gasteiger partial charge is 0.155 e. The second-order valence-electron chi connectivity index (χ2n) is 9.49. The predicted molar refractivity (Wildman–Crippen MR) is 143 cm³/mol. The number of halogens is 1. The summed E-state index contributed by atoms with van der Waals surface area (Å²) in [6, 6.07) is 18.5. The third-order valence-electron chi connectivity index (χ3n) is 6.62. The summed E-state index contributed by atoms with van der Waals surface area (Å²) >= 11 is 6.57. The fraction of sp³-hybridized carbons (Fsp3) is 0.207. The van der Waals surface area contributed by atoms with Crippen molar-refractivity contribution < 1.29 is 22.4 Å². The maximum Gasteiger partial charge on any atom is 0.155 e. The molecule has 2 aromatic carbocycles. The largest absolute Gasteiger partial charge is 0.351 e. The van der Waals surface area contributed by atoms with Crippen LogP contribution in [0.1, 0.15) is 42.5 Å². The number of para-hydroxylation sites is 1. The molecule has 0 atom stereocenters. The minimum absolute atomic E-state index is 0. The third-order valence-corrected chi connectivity index (χ3v) is 6.89. The van der Waals surface area contributed by atoms with E-state index >= 15 is 0 Å². The molecule has 1 aliphatic carbocycles. The summed E-state index contributed by atoms with van der Waals surface area (Å²) in [6.07, 6.45) is 9.84. The van der Waals surface area contributed by atoms with Gasteiger partial charge in [-0.05, 0) is 53.5 Å². The van der Waals surface area contributed by atoms with Gasteiger partial charge >= 0.3 is 0 Å². The first-order valence-corrected chi connectivity index (χ1v) is 11.9. The van der Waals surface area contributed by atoms with Crippen LogP contribution in [0, 0.1) is 12.3 Å². The number of rotatable bonds is 6. The molecule has 0 amide bonds. The van der Waals surface area contributed by atoms with E-state index in [1.807, 2.05) is 42.1 Å². The number of fused-ring (bicyclic) bond motifs is 1. The van der Waals surface area contributed by atoms with Gasteiger partial charge < -0.3 is 11.8 Å². The first-order chi connectivity index (χ1) is 16.4. The van der Waals surface area contributed by atoms with Gasteiger partial charge in [0.15, 0.2) is 5.15 Å². The molecule has 35 heavy (non-hydrogen) atoms. The Hall–Kier alpha value is -2.63. The molecule has 2 aromatic heterocycles. The van der Waals surface area contributed by atoms with Crippen LogP contribution in [-0.4, -0.2) is 21.8 Å². The molecule has 177 valence electrons. The van der Waals surface area contributed by atoms with Crippen molar-refractivity contribution in [3.05, 3.63) is 102 Å². The summed E-state index contributed by atoms with van der Waals surface area (Å²) in [7, 11) is 2.04. The van der Waals surface area contributed by atoms with Crippen molar-refractivity contribution in [1.29, 1.82) is 0 Å². The van der Waals surface area contributed by atoms with Gasteiger partial charge in [0.1, 0.15) is 5.52 Å². The third kappa shape index (κ3) is 5.03. The second kappa shape index (κ2) is 10.2. The minimum Gasteiger partial charge on any atom is -0.351 e. The van der Waals surface area contributed by atoms with Crippen LogP contribution >= 0.6 is 11.6 Å². The van der Waals surface area contributed by atoms with Crippen molar-refractivity contribution in [2.75, 3.05) is 11.9 Å². The Bertz CT molecular complexity index is 1380. The van der Waals surface area contributed by atoms with Gasteiger partial charge in [0.25, 0.3) is 0 Å². The molecule has 0 aliphatic heterocycles. The molecule has 4 aromatic rings. The summed E-state index contributed by atoms with van der Waals surface area (Å²) in [5.74, 6) is 0.388. The average molecular weight is 649 g/mol. The molecule has 0 unspecified atom stereocenters. The van der Waals surface area contributed by atoms with Crippen LogP contribution in [0.25, 0.3) is 28.7 Å². The monoisotopic (exact) mass is 648 g/mol. The topological polar surface area (TPSA) is 34.0 Å². The number of nitrogens with zero attached hydrogens (tertiary/aromatic N) is 4. The summed E-state index contributed by atoms with van der Waals surface area (Å²) in [5, 5.41) is 6.55. The molecule has 2 heterocycles. The molecule has 1 fully saturated rings. The van der Waals surface area contributed by atoms with Gasteiger partial charge in [0.05, 0.1) is 11.4 Å². The Kier molecular flexibility index (Phi) is 7.39. The molecule has 1 aliphatic rings. The van der Waals surface area contributed by atoms with Crippen molar-refractivity contribution in [2.24, 2.45) is 5.41 Å². The number of anilines is 1. The van der Waals surface area contributed by atoms with Crippen molar-refractivity contribution in [1.82, 2.24) is 14.8 Å². The zero-order chi connectivity index (χ0) is 23.9. The maximum absolute atomic E-state index is 6.57. The average Bonchev–Trinajstić information content (AvgIpc) is 3.22. The Balaban J connectivity index is 0.00000289. The molecule has 1 radical (unpaired) electrons. The molecule has 1 saturated carbocycles. The zero-order valence-corrected chi connectivity index (χ0v) is 24.0. The number of hydrogen-bond donors (Lipinski definition) is 0. The van der Waals surface area contributed by atoms with E-state index in [4.69, 9.17) is 16.7 Å². The maximum atomic E-state index is 6.57. The van der Waals surface area contributed by atoms with E-state index < -0.39 is 0 Å². The van der Waals surface area contributed by atoms with Gasteiger partial charge in [-0.3, -0.25) is 0 Å². The van der Waals surface area contributed by atoms with Crippen LogP contribution in [0.5, 0.6) is 0 Å². The fourth-order valence-corrected chi connectivity index (χ4v) is 5.06. The fourth-order valence-electron chi connectivity index (χ4n) is 4.82. The molecule has 0 bridgehead atoms. The molecular weight excluding hydrogens is 621 g/mol. The van der Waals surface area contributed by atoms with E-state index in [0.717, 1.165) is 51.9 Å². The van der Waals surface area contributed by atoms with Crippen molar-refractivity contribution >= 4 is 40.3 Å². The molecule has 0 N–H and O–H groups in total. The van der Waals surface area contributed by atoms with Gasteiger partial charge in [-0.2, -0.15) is 10.5 Å². The molecule has 4 nitrogen and oxygen atoms in total. The number of pyridine rings is 1. The van der Waals surface area contributed by atoms with Gasteiger partial charge in [-0.1, -0.05) is 68.3 Å². The Morgan fingerprint density at radius 2 is 1.89 bits per heavy atom. The van der Waals surface area contributed by atoms with Crippen LogP contribution in [0.4, 0.5) is 5.69 Å². The van der Waals surface area contributed by atoms with E-state index in [1.165, 1.54) is 0 Å². The minimum atomic E-state index is 0. The summed E-state index contributed by atoms with van der Waals surface area (Å²) in [5.41, 5.74) is 6.21. The number of aromatic nitrogens is 3. The van der Waals surface area contributed by atoms with E-state index in [-0.39, 0.29) is 27.8 Å². The molecule has 0 saturated heterocycles. The van der Waals surface area contributed by atoms with Crippen LogP contribution in [0.15, 0.2) is 73.6 Å². The molecule has 5 rings (SSSR count). The number of benzene rings is 2. The van der Waals surface area contributed by atoms with Crippen LogP contribution in [0.2, 0.25) is 5.15 Å². The summed E-state index contributed by atoms with van der Waals surface area (Å²) < 4.78 is 1.93. The molecule has 0 spiro atoms. The second-order valence-corrected chi connectivity index (χ2v) is 9.85. The summed E-state index contributed by atoms with van der Waals surface area (Å²) in [6.45, 7) is 10.5. The SMILES string of the molecule is C=Cc1cc(-n2nc(C3CC([CH2-])(C)C3)c3ccnc(Cl)c32)ccc1/C=C\N(C)c1ccccc1.[Ta]. The van der Waals surface area contributed by atoms with Gasteiger partial charge in [0.2, 0.25) is 0 Å². The predicted octanol–water partition coefficient (Wildman–Crippen LogP) is 7.54. The zero-order valence-electron chi connectivity index (χ0n) is 20.0. The first kappa shape index (κ1) is 25.5. The van der Waals surface area contributed by atoms with E-state index in [2.05, 4.69) is 72.9 Å². The van der Waals surface area contributed by atoms with Gasteiger partial charge in [-0.25, -0.2) is 9.67 Å². The van der Waals surface area contributed by atoms with Crippen LogP contribution in [-0.2, 0) is 22.4 Å². The van der Waals surface area contributed by atoms with E-state index in [1.54, 1.807) is 6.20 Å².